The van der Waals surface area contributed by atoms with Gasteiger partial charge in [-0.05, 0) is 26.0 Å². The molecular weight excluding hydrogens is 218 g/mol. The summed E-state index contributed by atoms with van der Waals surface area (Å²) in [5.41, 5.74) is 0.274. The first-order valence-corrected chi connectivity index (χ1v) is 4.84. The number of carbonyl (C=O) groups excluding carboxylic acids is 1. The highest BCUT2D eigenvalue weighted by Gasteiger charge is 2.16. The van der Waals surface area contributed by atoms with Gasteiger partial charge < -0.3 is 9.47 Å². The maximum absolute atomic E-state index is 11.6. The quantitative estimate of drug-likeness (QED) is 0.590. The molecular formula is C10H12ClNO3. The maximum Gasteiger partial charge on any atom is 0.343 e. The van der Waals surface area contributed by atoms with Crippen LogP contribution in [0.5, 0.6) is 5.88 Å². The number of carbonyl (C=O) groups is 1. The second-order valence-electron chi connectivity index (χ2n) is 3.14. The molecule has 1 aromatic rings. The first-order chi connectivity index (χ1) is 7.04. The van der Waals surface area contributed by atoms with Crippen LogP contribution in [-0.2, 0) is 4.74 Å². The van der Waals surface area contributed by atoms with E-state index in [-0.39, 0.29) is 22.7 Å². The molecule has 1 heterocycles. The van der Waals surface area contributed by atoms with Crippen molar-refractivity contribution in [2.24, 2.45) is 0 Å². The molecule has 0 unspecified atom stereocenters. The van der Waals surface area contributed by atoms with Crippen LogP contribution in [0.4, 0.5) is 0 Å². The molecule has 0 fully saturated rings. The Kier molecular flexibility index (Phi) is 3.91. The van der Waals surface area contributed by atoms with E-state index >= 15 is 0 Å². The summed E-state index contributed by atoms with van der Waals surface area (Å²) in [4.78, 5) is 15.4. The van der Waals surface area contributed by atoms with Crippen LogP contribution in [-0.4, -0.2) is 24.2 Å². The van der Waals surface area contributed by atoms with E-state index < -0.39 is 5.97 Å². The number of halogens is 1. The largest absolute Gasteiger partial charge is 0.480 e. The Hall–Kier alpha value is -1.29. The van der Waals surface area contributed by atoms with Gasteiger partial charge in [0.2, 0.25) is 5.88 Å². The molecule has 0 radical (unpaired) electrons. The molecule has 0 amide bonds. The van der Waals surface area contributed by atoms with Crippen molar-refractivity contribution < 1.29 is 14.3 Å². The third-order valence-corrected chi connectivity index (χ3v) is 1.79. The predicted octanol–water partition coefficient (Wildman–Crippen LogP) is 2.31. The van der Waals surface area contributed by atoms with E-state index in [1.807, 2.05) is 0 Å². The summed E-state index contributed by atoms with van der Waals surface area (Å²) in [6.07, 6.45) is -0.183. The number of pyridine rings is 1. The van der Waals surface area contributed by atoms with Crippen LogP contribution >= 0.6 is 11.6 Å². The van der Waals surface area contributed by atoms with E-state index in [1.165, 1.54) is 19.2 Å². The average Bonchev–Trinajstić information content (AvgIpc) is 2.16. The molecule has 0 aliphatic carbocycles. The van der Waals surface area contributed by atoms with Crippen LogP contribution in [0, 0.1) is 0 Å². The lowest BCUT2D eigenvalue weighted by molar-refractivity contribution is 0.0373. The second-order valence-corrected chi connectivity index (χ2v) is 3.53. The fraction of sp³-hybridized carbons (Fsp3) is 0.400. The number of hydrogen-bond donors (Lipinski definition) is 0. The van der Waals surface area contributed by atoms with Crippen LogP contribution in [0.1, 0.15) is 24.2 Å². The van der Waals surface area contributed by atoms with Crippen LogP contribution in [0.2, 0.25) is 5.15 Å². The van der Waals surface area contributed by atoms with Crippen molar-refractivity contribution in [1.29, 1.82) is 0 Å². The summed E-state index contributed by atoms with van der Waals surface area (Å²) in [7, 11) is 1.42. The van der Waals surface area contributed by atoms with Crippen molar-refractivity contribution in [1.82, 2.24) is 4.98 Å². The minimum Gasteiger partial charge on any atom is -0.480 e. The summed E-state index contributed by atoms with van der Waals surface area (Å²) in [5.74, 6) is -0.292. The number of aromatic nitrogens is 1. The molecule has 0 atom stereocenters. The normalized spacial score (nSPS) is 10.2. The van der Waals surface area contributed by atoms with E-state index in [2.05, 4.69) is 4.98 Å². The molecule has 15 heavy (non-hydrogen) atoms. The Morgan fingerprint density at radius 1 is 1.47 bits per heavy atom. The van der Waals surface area contributed by atoms with Gasteiger partial charge in [-0.1, -0.05) is 11.6 Å². The van der Waals surface area contributed by atoms with E-state index in [1.54, 1.807) is 13.8 Å². The van der Waals surface area contributed by atoms with Gasteiger partial charge >= 0.3 is 5.97 Å². The molecule has 4 nitrogen and oxygen atoms in total. The van der Waals surface area contributed by atoms with Gasteiger partial charge in [0.15, 0.2) is 0 Å². The van der Waals surface area contributed by atoms with Gasteiger partial charge in [-0.15, -0.1) is 0 Å². The Morgan fingerprint density at radius 2 is 2.13 bits per heavy atom. The molecule has 5 heteroatoms. The number of rotatable bonds is 3. The maximum atomic E-state index is 11.6. The molecule has 1 aromatic heterocycles. The molecule has 0 aliphatic rings. The third kappa shape index (κ3) is 3.09. The van der Waals surface area contributed by atoms with Crippen molar-refractivity contribution in [2.75, 3.05) is 7.11 Å². The van der Waals surface area contributed by atoms with Crippen LogP contribution < -0.4 is 4.74 Å². The molecule has 0 N–H and O–H groups in total. The van der Waals surface area contributed by atoms with Crippen molar-refractivity contribution >= 4 is 17.6 Å². The fourth-order valence-electron chi connectivity index (χ4n) is 1.01. The third-order valence-electron chi connectivity index (χ3n) is 1.58. The molecule has 0 saturated heterocycles. The smallest absolute Gasteiger partial charge is 0.343 e. The monoisotopic (exact) mass is 229 g/mol. The number of nitrogens with zero attached hydrogens (tertiary/aromatic N) is 1. The summed E-state index contributed by atoms with van der Waals surface area (Å²) in [6, 6.07) is 3.04. The highest BCUT2D eigenvalue weighted by molar-refractivity contribution is 6.29. The molecule has 0 saturated carbocycles. The van der Waals surface area contributed by atoms with Crippen LogP contribution in [0.15, 0.2) is 12.1 Å². The van der Waals surface area contributed by atoms with Crippen LogP contribution in [0.3, 0.4) is 0 Å². The standard InChI is InChI=1S/C10H12ClNO3/c1-6(2)15-10(13)7-4-5-8(11)12-9(7)14-3/h4-6H,1-3H3. The van der Waals surface area contributed by atoms with Crippen molar-refractivity contribution in [3.8, 4) is 5.88 Å². The number of esters is 1. The topological polar surface area (TPSA) is 48.4 Å². The lowest BCUT2D eigenvalue weighted by Crippen LogP contribution is -2.13. The molecule has 0 bridgehead atoms. The summed E-state index contributed by atoms with van der Waals surface area (Å²) >= 11 is 5.66. The molecule has 1 rings (SSSR count). The minimum atomic E-state index is -0.467. The number of methoxy groups -OCH3 is 1. The Morgan fingerprint density at radius 3 is 2.67 bits per heavy atom. The van der Waals surface area contributed by atoms with E-state index in [0.717, 1.165) is 0 Å². The zero-order chi connectivity index (χ0) is 11.4. The zero-order valence-electron chi connectivity index (χ0n) is 8.78. The SMILES string of the molecule is COc1nc(Cl)ccc1C(=O)OC(C)C. The van der Waals surface area contributed by atoms with Crippen LogP contribution in [0.25, 0.3) is 0 Å². The van der Waals surface area contributed by atoms with Gasteiger partial charge in [0.25, 0.3) is 0 Å². The summed E-state index contributed by atoms with van der Waals surface area (Å²) in [6.45, 7) is 3.54. The van der Waals surface area contributed by atoms with Crippen molar-refractivity contribution in [2.45, 2.75) is 20.0 Å². The number of hydrogen-bond acceptors (Lipinski definition) is 4. The molecule has 82 valence electrons. The highest BCUT2D eigenvalue weighted by atomic mass is 35.5. The highest BCUT2D eigenvalue weighted by Crippen LogP contribution is 2.19. The molecule has 0 aromatic carbocycles. The van der Waals surface area contributed by atoms with Gasteiger partial charge in [-0.2, -0.15) is 0 Å². The average molecular weight is 230 g/mol. The van der Waals surface area contributed by atoms with Gasteiger partial charge in [-0.3, -0.25) is 0 Å². The summed E-state index contributed by atoms with van der Waals surface area (Å²) < 4.78 is 9.95. The first kappa shape index (κ1) is 11.8. The van der Waals surface area contributed by atoms with Gasteiger partial charge in [0, 0.05) is 0 Å². The molecule has 0 spiro atoms. The first-order valence-electron chi connectivity index (χ1n) is 4.46. The summed E-state index contributed by atoms with van der Waals surface area (Å²) in [5, 5.41) is 0.271. The predicted molar refractivity (Wildman–Crippen MR) is 56.4 cm³/mol. The van der Waals surface area contributed by atoms with Gasteiger partial charge in [0.1, 0.15) is 10.7 Å². The Bertz CT molecular complexity index is 366. The zero-order valence-corrected chi connectivity index (χ0v) is 9.54. The fourth-order valence-corrected chi connectivity index (χ4v) is 1.15. The van der Waals surface area contributed by atoms with Crippen molar-refractivity contribution in [3.63, 3.8) is 0 Å². The second kappa shape index (κ2) is 4.98. The Balaban J connectivity index is 2.97. The van der Waals surface area contributed by atoms with Gasteiger partial charge in [0.05, 0.1) is 13.2 Å². The van der Waals surface area contributed by atoms with Crippen molar-refractivity contribution in [3.05, 3.63) is 22.8 Å². The molecule has 0 aliphatic heterocycles. The van der Waals surface area contributed by atoms with Gasteiger partial charge in [-0.25, -0.2) is 9.78 Å². The van der Waals surface area contributed by atoms with E-state index in [9.17, 15) is 4.79 Å². The minimum absolute atomic E-state index is 0.174. The van der Waals surface area contributed by atoms with E-state index in [4.69, 9.17) is 21.1 Å². The number of ether oxygens (including phenoxy) is 2. The lowest BCUT2D eigenvalue weighted by Gasteiger charge is -2.10. The lowest BCUT2D eigenvalue weighted by atomic mass is 10.3. The Labute approximate surface area is 93.2 Å². The van der Waals surface area contributed by atoms with E-state index in [0.29, 0.717) is 0 Å².